The molecular formula is C27H40N2O8. The Morgan fingerprint density at radius 2 is 1.95 bits per heavy atom. The van der Waals surface area contributed by atoms with Crippen LogP contribution in [0, 0.1) is 17.8 Å². The van der Waals surface area contributed by atoms with Crippen molar-refractivity contribution in [3.63, 3.8) is 0 Å². The summed E-state index contributed by atoms with van der Waals surface area (Å²) in [5.41, 5.74) is -0.187. The van der Waals surface area contributed by atoms with Crippen LogP contribution in [-0.2, 0) is 23.8 Å². The van der Waals surface area contributed by atoms with Crippen LogP contribution >= 0.6 is 0 Å². The molecule has 0 spiro atoms. The van der Waals surface area contributed by atoms with Crippen molar-refractivity contribution >= 4 is 17.8 Å². The molecule has 1 amide bonds. The molecule has 206 valence electrons. The summed E-state index contributed by atoms with van der Waals surface area (Å²) >= 11 is 0. The average molecular weight is 521 g/mol. The molecule has 1 aromatic heterocycles. The number of methoxy groups -OCH3 is 1. The van der Waals surface area contributed by atoms with Gasteiger partial charge in [0.25, 0.3) is 5.91 Å². The molecule has 0 radical (unpaired) electrons. The Labute approximate surface area is 218 Å². The van der Waals surface area contributed by atoms with Crippen molar-refractivity contribution in [1.82, 2.24) is 10.3 Å². The van der Waals surface area contributed by atoms with Gasteiger partial charge < -0.3 is 29.0 Å². The third kappa shape index (κ3) is 8.13. The maximum Gasteiger partial charge on any atom is 0.331 e. The van der Waals surface area contributed by atoms with Gasteiger partial charge in [-0.3, -0.25) is 9.59 Å². The summed E-state index contributed by atoms with van der Waals surface area (Å²) in [6, 6.07) is 0.389. The van der Waals surface area contributed by atoms with E-state index in [2.05, 4.69) is 24.1 Å². The van der Waals surface area contributed by atoms with E-state index in [1.54, 1.807) is 0 Å². The lowest BCUT2D eigenvalue weighted by molar-refractivity contribution is -0.161. The lowest BCUT2D eigenvalue weighted by Crippen LogP contribution is -2.46. The van der Waals surface area contributed by atoms with Gasteiger partial charge in [-0.05, 0) is 25.2 Å². The SMILES string of the molecule is COc1ccnc(C(=O)NC2COCC(CC3CCCC3)C(OCC(C)C)C(C)OC2=O)c1OC(C)=O. The second-order valence-electron chi connectivity index (χ2n) is 10.3. The molecule has 10 heteroatoms. The number of pyridine rings is 1. The van der Waals surface area contributed by atoms with Crippen LogP contribution in [0.3, 0.4) is 0 Å². The Bertz CT molecular complexity index is 931. The molecule has 4 unspecified atom stereocenters. The minimum Gasteiger partial charge on any atom is -0.493 e. The van der Waals surface area contributed by atoms with Gasteiger partial charge in [-0.15, -0.1) is 0 Å². The number of nitrogens with zero attached hydrogens (tertiary/aromatic N) is 1. The number of ether oxygens (including phenoxy) is 5. The summed E-state index contributed by atoms with van der Waals surface area (Å²) in [4.78, 5) is 41.9. The zero-order chi connectivity index (χ0) is 26.9. The van der Waals surface area contributed by atoms with Gasteiger partial charge in [0.05, 0.1) is 26.4 Å². The first-order chi connectivity index (χ1) is 17.7. The first kappa shape index (κ1) is 28.8. The van der Waals surface area contributed by atoms with Gasteiger partial charge in [0.1, 0.15) is 6.10 Å². The van der Waals surface area contributed by atoms with E-state index in [1.807, 2.05) is 6.92 Å². The van der Waals surface area contributed by atoms with Gasteiger partial charge in [-0.1, -0.05) is 39.5 Å². The summed E-state index contributed by atoms with van der Waals surface area (Å²) in [6.45, 7) is 8.07. The lowest BCUT2D eigenvalue weighted by Gasteiger charge is -2.32. The van der Waals surface area contributed by atoms with Gasteiger partial charge in [0, 0.05) is 31.7 Å². The Kier molecular flexibility index (Phi) is 10.7. The van der Waals surface area contributed by atoms with Crippen molar-refractivity contribution in [3.05, 3.63) is 18.0 Å². The number of carbonyl (C=O) groups excluding carboxylic acids is 3. The third-order valence-corrected chi connectivity index (χ3v) is 6.72. The molecule has 37 heavy (non-hydrogen) atoms. The summed E-state index contributed by atoms with van der Waals surface area (Å²) in [6.07, 6.45) is 6.33. The summed E-state index contributed by atoms with van der Waals surface area (Å²) in [5.74, 6) is -0.944. The van der Waals surface area contributed by atoms with Gasteiger partial charge in [-0.2, -0.15) is 0 Å². The maximum atomic E-state index is 13.1. The molecule has 1 saturated heterocycles. The fourth-order valence-corrected chi connectivity index (χ4v) is 4.99. The molecule has 2 fully saturated rings. The second-order valence-corrected chi connectivity index (χ2v) is 10.3. The Balaban J connectivity index is 1.77. The van der Waals surface area contributed by atoms with E-state index < -0.39 is 30.0 Å². The molecule has 4 atom stereocenters. The Hall–Kier alpha value is -2.72. The Morgan fingerprint density at radius 1 is 1.22 bits per heavy atom. The summed E-state index contributed by atoms with van der Waals surface area (Å²) < 4.78 is 28.5. The number of carbonyl (C=O) groups is 3. The van der Waals surface area contributed by atoms with Crippen LogP contribution in [0.25, 0.3) is 0 Å². The minimum absolute atomic E-state index is 0.0646. The number of hydrogen-bond donors (Lipinski definition) is 1. The molecule has 0 bridgehead atoms. The molecule has 2 aliphatic rings. The topological polar surface area (TPSA) is 122 Å². The smallest absolute Gasteiger partial charge is 0.331 e. The number of cyclic esters (lactones) is 1. The van der Waals surface area contributed by atoms with Crippen molar-refractivity contribution in [3.8, 4) is 11.5 Å². The van der Waals surface area contributed by atoms with E-state index in [-0.39, 0.29) is 35.8 Å². The summed E-state index contributed by atoms with van der Waals surface area (Å²) in [5, 5.41) is 2.63. The predicted molar refractivity (Wildman–Crippen MR) is 134 cm³/mol. The molecule has 1 aromatic rings. The first-order valence-electron chi connectivity index (χ1n) is 13.1. The van der Waals surface area contributed by atoms with Crippen molar-refractivity contribution in [1.29, 1.82) is 0 Å². The van der Waals surface area contributed by atoms with Gasteiger partial charge in [-0.25, -0.2) is 9.78 Å². The molecule has 10 nitrogen and oxygen atoms in total. The van der Waals surface area contributed by atoms with Crippen LogP contribution in [0.2, 0.25) is 0 Å². The molecule has 3 rings (SSSR count). The first-order valence-corrected chi connectivity index (χ1v) is 13.1. The van der Waals surface area contributed by atoms with Crippen LogP contribution in [0.15, 0.2) is 12.3 Å². The van der Waals surface area contributed by atoms with E-state index in [0.29, 0.717) is 25.0 Å². The van der Waals surface area contributed by atoms with E-state index in [9.17, 15) is 14.4 Å². The molecular weight excluding hydrogens is 480 g/mol. The number of rotatable bonds is 9. The fraction of sp³-hybridized carbons (Fsp3) is 0.704. The van der Waals surface area contributed by atoms with E-state index in [0.717, 1.165) is 6.42 Å². The molecule has 0 aromatic carbocycles. The van der Waals surface area contributed by atoms with E-state index in [1.165, 1.54) is 52.0 Å². The normalized spacial score (nSPS) is 25.1. The Morgan fingerprint density at radius 3 is 2.59 bits per heavy atom. The maximum absolute atomic E-state index is 13.1. The zero-order valence-electron chi connectivity index (χ0n) is 22.5. The number of amides is 1. The molecule has 1 aliphatic heterocycles. The number of aromatic nitrogens is 1. The largest absolute Gasteiger partial charge is 0.493 e. The van der Waals surface area contributed by atoms with Crippen LogP contribution < -0.4 is 14.8 Å². The van der Waals surface area contributed by atoms with Gasteiger partial charge in [0.15, 0.2) is 17.5 Å². The highest BCUT2D eigenvalue weighted by molar-refractivity contribution is 5.98. The fourth-order valence-electron chi connectivity index (χ4n) is 4.99. The summed E-state index contributed by atoms with van der Waals surface area (Å²) in [7, 11) is 1.38. The van der Waals surface area contributed by atoms with Crippen LogP contribution in [0.1, 0.15) is 70.3 Å². The highest BCUT2D eigenvalue weighted by Gasteiger charge is 2.37. The van der Waals surface area contributed by atoms with Crippen LogP contribution in [0.5, 0.6) is 11.5 Å². The lowest BCUT2D eigenvalue weighted by atomic mass is 9.87. The highest BCUT2D eigenvalue weighted by Crippen LogP contribution is 2.34. The second kappa shape index (κ2) is 13.7. The highest BCUT2D eigenvalue weighted by atomic mass is 16.6. The number of esters is 2. The van der Waals surface area contributed by atoms with Crippen molar-refractivity contribution in [2.75, 3.05) is 26.9 Å². The minimum atomic E-state index is -1.08. The van der Waals surface area contributed by atoms with E-state index in [4.69, 9.17) is 23.7 Å². The molecule has 2 heterocycles. The third-order valence-electron chi connectivity index (χ3n) is 6.72. The van der Waals surface area contributed by atoms with Gasteiger partial charge >= 0.3 is 11.9 Å². The predicted octanol–water partition coefficient (Wildman–Crippen LogP) is 3.31. The quantitative estimate of drug-likeness (QED) is 0.489. The zero-order valence-corrected chi connectivity index (χ0v) is 22.5. The van der Waals surface area contributed by atoms with Crippen molar-refractivity contribution in [2.24, 2.45) is 17.8 Å². The van der Waals surface area contributed by atoms with Gasteiger partial charge in [0.2, 0.25) is 5.75 Å². The number of nitrogens with one attached hydrogen (secondary N) is 1. The van der Waals surface area contributed by atoms with Crippen LogP contribution in [0.4, 0.5) is 0 Å². The molecule has 1 N–H and O–H groups in total. The number of hydrogen-bond acceptors (Lipinski definition) is 9. The molecule has 1 aliphatic carbocycles. The standard InChI is InChI=1S/C27H40N2O8/c1-16(2)13-35-24-17(3)36-27(32)21(15-34-14-20(24)12-19-8-6-7-9-19)29-26(31)23-25(37-18(4)30)22(33-5)10-11-28-23/h10-11,16-17,19-21,24H,6-9,12-15H2,1-5H3,(H,29,31). The van der Waals surface area contributed by atoms with Crippen molar-refractivity contribution < 1.29 is 38.1 Å². The van der Waals surface area contributed by atoms with Crippen LogP contribution in [-0.4, -0.2) is 68.0 Å². The average Bonchev–Trinajstić information content (AvgIpc) is 3.36. The molecule has 1 saturated carbocycles. The van der Waals surface area contributed by atoms with Crippen molar-refractivity contribution in [2.45, 2.75) is 78.0 Å². The van der Waals surface area contributed by atoms with E-state index >= 15 is 0 Å². The monoisotopic (exact) mass is 520 g/mol.